The van der Waals surface area contributed by atoms with E-state index >= 15 is 0 Å². The molecule has 0 bridgehead atoms. The van der Waals surface area contributed by atoms with Crippen LogP contribution in [0.3, 0.4) is 0 Å². The van der Waals surface area contributed by atoms with Crippen LogP contribution in [0.2, 0.25) is 0 Å². The highest BCUT2D eigenvalue weighted by molar-refractivity contribution is 7.10. The van der Waals surface area contributed by atoms with Gasteiger partial charge in [0, 0.05) is 16.6 Å². The van der Waals surface area contributed by atoms with Crippen molar-refractivity contribution in [3.63, 3.8) is 0 Å². The molecule has 1 aliphatic rings. The summed E-state index contributed by atoms with van der Waals surface area (Å²) >= 11 is 1.94. The molecule has 1 aromatic heterocycles. The Morgan fingerprint density at radius 3 is 2.85 bits per heavy atom. The number of fused-ring (bicyclic) bond motifs is 1. The molecule has 1 nitrogen and oxygen atoms in total. The van der Waals surface area contributed by atoms with Gasteiger partial charge in [0.15, 0.2) is 0 Å². The van der Waals surface area contributed by atoms with Crippen molar-refractivity contribution in [2.24, 2.45) is 0 Å². The lowest BCUT2D eigenvalue weighted by Gasteiger charge is -2.37. The van der Waals surface area contributed by atoms with E-state index in [4.69, 9.17) is 0 Å². The predicted molar refractivity (Wildman–Crippen MR) is 88.8 cm³/mol. The Balaban J connectivity index is 2.02. The average Bonchev–Trinajstić information content (AvgIpc) is 3.05. The molecule has 0 saturated heterocycles. The molecule has 1 aromatic carbocycles. The first kappa shape index (κ1) is 13.7. The molecule has 1 aliphatic carbocycles. The van der Waals surface area contributed by atoms with E-state index in [0.29, 0.717) is 12.1 Å². The van der Waals surface area contributed by atoms with Gasteiger partial charge in [-0.2, -0.15) is 0 Å². The topological polar surface area (TPSA) is 3.24 Å². The molecule has 106 valence electrons. The van der Waals surface area contributed by atoms with E-state index in [1.807, 2.05) is 11.3 Å². The molecule has 2 heteroatoms. The Morgan fingerprint density at radius 1 is 1.30 bits per heavy atom. The standard InChI is InChI=1S/C18H23NS/c1-4-14(3)19(16-8-6-5-7-13(16)2)17-10-9-15-11-12-20-18(15)17/h5-8,11-12,14,17H,4,9-10H2,1-3H3/t14-,17?/m0/s1. The van der Waals surface area contributed by atoms with E-state index in [2.05, 4.69) is 61.4 Å². The zero-order chi connectivity index (χ0) is 14.1. The third-order valence-electron chi connectivity index (χ3n) is 4.57. The van der Waals surface area contributed by atoms with Crippen LogP contribution >= 0.6 is 11.3 Å². The molecule has 0 saturated carbocycles. The van der Waals surface area contributed by atoms with Crippen molar-refractivity contribution in [1.82, 2.24) is 0 Å². The molecule has 2 aromatic rings. The maximum absolute atomic E-state index is 2.66. The summed E-state index contributed by atoms with van der Waals surface area (Å²) in [6.45, 7) is 6.88. The van der Waals surface area contributed by atoms with Gasteiger partial charge >= 0.3 is 0 Å². The first-order chi connectivity index (χ1) is 9.72. The molecule has 20 heavy (non-hydrogen) atoms. The average molecular weight is 285 g/mol. The minimum Gasteiger partial charge on any atom is -0.361 e. The first-order valence-electron chi connectivity index (χ1n) is 7.62. The molecule has 3 rings (SSSR count). The first-order valence-corrected chi connectivity index (χ1v) is 8.50. The van der Waals surface area contributed by atoms with Crippen LogP contribution in [0, 0.1) is 6.92 Å². The van der Waals surface area contributed by atoms with Crippen molar-refractivity contribution >= 4 is 17.0 Å². The number of anilines is 1. The Kier molecular flexibility index (Phi) is 3.84. The lowest BCUT2D eigenvalue weighted by atomic mass is 10.1. The van der Waals surface area contributed by atoms with Gasteiger partial charge in [0.2, 0.25) is 0 Å². The summed E-state index contributed by atoms with van der Waals surface area (Å²) in [4.78, 5) is 4.26. The van der Waals surface area contributed by atoms with Crippen LogP contribution in [0.15, 0.2) is 35.7 Å². The maximum Gasteiger partial charge on any atom is 0.0644 e. The third-order valence-corrected chi connectivity index (χ3v) is 5.63. The number of hydrogen-bond donors (Lipinski definition) is 0. The normalized spacial score (nSPS) is 18.9. The molecule has 0 amide bonds. The van der Waals surface area contributed by atoms with Crippen molar-refractivity contribution in [2.75, 3.05) is 4.90 Å². The number of para-hydroxylation sites is 1. The van der Waals surface area contributed by atoms with Gasteiger partial charge in [-0.1, -0.05) is 25.1 Å². The fraction of sp³-hybridized carbons (Fsp3) is 0.444. The highest BCUT2D eigenvalue weighted by Crippen LogP contribution is 2.43. The molecule has 0 radical (unpaired) electrons. The van der Waals surface area contributed by atoms with Crippen LogP contribution in [0.4, 0.5) is 5.69 Å². The molecule has 0 aliphatic heterocycles. The molecule has 2 atom stereocenters. The quantitative estimate of drug-likeness (QED) is 0.732. The van der Waals surface area contributed by atoms with Gasteiger partial charge in [0.25, 0.3) is 0 Å². The van der Waals surface area contributed by atoms with Crippen LogP contribution in [-0.2, 0) is 6.42 Å². The van der Waals surface area contributed by atoms with Crippen molar-refractivity contribution in [2.45, 2.75) is 52.1 Å². The minimum atomic E-state index is 0.570. The van der Waals surface area contributed by atoms with Crippen molar-refractivity contribution < 1.29 is 0 Å². The Morgan fingerprint density at radius 2 is 2.10 bits per heavy atom. The van der Waals surface area contributed by atoms with Crippen LogP contribution in [0.25, 0.3) is 0 Å². The molecule has 0 N–H and O–H groups in total. The summed E-state index contributed by atoms with van der Waals surface area (Å²) in [5.74, 6) is 0. The van der Waals surface area contributed by atoms with E-state index in [1.165, 1.54) is 30.5 Å². The Bertz CT molecular complexity index is 587. The van der Waals surface area contributed by atoms with Crippen LogP contribution in [0.1, 0.15) is 48.7 Å². The van der Waals surface area contributed by atoms with E-state index in [0.717, 1.165) is 0 Å². The third kappa shape index (κ3) is 2.26. The minimum absolute atomic E-state index is 0.570. The van der Waals surface area contributed by atoms with Gasteiger partial charge in [-0.25, -0.2) is 0 Å². The van der Waals surface area contributed by atoms with Gasteiger partial charge in [-0.3, -0.25) is 0 Å². The second-order valence-electron chi connectivity index (χ2n) is 5.82. The van der Waals surface area contributed by atoms with Crippen molar-refractivity contribution in [3.05, 3.63) is 51.7 Å². The number of thiophene rings is 1. The Labute approximate surface area is 126 Å². The van der Waals surface area contributed by atoms with Crippen molar-refractivity contribution in [1.29, 1.82) is 0 Å². The molecule has 1 unspecified atom stereocenters. The Hall–Kier alpha value is -1.28. The lowest BCUT2D eigenvalue weighted by molar-refractivity contribution is 0.527. The number of benzene rings is 1. The fourth-order valence-electron chi connectivity index (χ4n) is 3.30. The van der Waals surface area contributed by atoms with Crippen molar-refractivity contribution in [3.8, 4) is 0 Å². The summed E-state index contributed by atoms with van der Waals surface area (Å²) in [5.41, 5.74) is 4.37. The summed E-state index contributed by atoms with van der Waals surface area (Å²) in [7, 11) is 0. The van der Waals surface area contributed by atoms with Gasteiger partial charge in [0.1, 0.15) is 0 Å². The number of nitrogens with zero attached hydrogens (tertiary/aromatic N) is 1. The lowest BCUT2D eigenvalue weighted by Crippen LogP contribution is -2.35. The summed E-state index contributed by atoms with van der Waals surface area (Å²) in [6.07, 6.45) is 3.69. The second-order valence-corrected chi connectivity index (χ2v) is 6.76. The smallest absolute Gasteiger partial charge is 0.0644 e. The van der Waals surface area contributed by atoms with E-state index in [-0.39, 0.29) is 0 Å². The summed E-state index contributed by atoms with van der Waals surface area (Å²) in [5, 5.41) is 2.25. The number of aryl methyl sites for hydroxylation is 2. The van der Waals surface area contributed by atoms with Crippen LogP contribution < -0.4 is 4.90 Å². The molecular weight excluding hydrogens is 262 g/mol. The van der Waals surface area contributed by atoms with E-state index in [9.17, 15) is 0 Å². The molecule has 0 spiro atoms. The zero-order valence-electron chi connectivity index (χ0n) is 12.6. The van der Waals surface area contributed by atoms with Gasteiger partial charge in [-0.05, 0) is 61.7 Å². The van der Waals surface area contributed by atoms with Gasteiger partial charge in [0.05, 0.1) is 6.04 Å². The SMILES string of the molecule is CC[C@H](C)N(c1ccccc1C)C1CCc2ccsc21. The number of rotatable bonds is 4. The molecule has 1 heterocycles. The van der Waals surface area contributed by atoms with Crippen LogP contribution in [0.5, 0.6) is 0 Å². The van der Waals surface area contributed by atoms with Gasteiger partial charge < -0.3 is 4.90 Å². The van der Waals surface area contributed by atoms with Crippen LogP contribution in [-0.4, -0.2) is 6.04 Å². The number of hydrogen-bond acceptors (Lipinski definition) is 2. The predicted octanol–water partition coefficient (Wildman–Crippen LogP) is 5.35. The fourth-order valence-corrected chi connectivity index (χ4v) is 4.39. The van der Waals surface area contributed by atoms with E-state index in [1.54, 1.807) is 10.4 Å². The summed E-state index contributed by atoms with van der Waals surface area (Å²) < 4.78 is 0. The molecule has 0 fully saturated rings. The van der Waals surface area contributed by atoms with Gasteiger partial charge in [-0.15, -0.1) is 11.3 Å². The summed E-state index contributed by atoms with van der Waals surface area (Å²) in [6, 6.07) is 12.3. The largest absolute Gasteiger partial charge is 0.361 e. The highest BCUT2D eigenvalue weighted by atomic mass is 32.1. The molecular formula is C18H23NS. The van der Waals surface area contributed by atoms with E-state index < -0.39 is 0 Å². The monoisotopic (exact) mass is 285 g/mol. The maximum atomic E-state index is 2.66. The second kappa shape index (κ2) is 5.61. The zero-order valence-corrected chi connectivity index (χ0v) is 13.4. The highest BCUT2D eigenvalue weighted by Gasteiger charge is 2.32.